The van der Waals surface area contributed by atoms with Crippen molar-refractivity contribution in [2.24, 2.45) is 0 Å². The molecule has 3 heterocycles. The lowest BCUT2D eigenvalue weighted by Gasteiger charge is -2.30. The fourth-order valence-electron chi connectivity index (χ4n) is 4.00. The third-order valence-electron chi connectivity index (χ3n) is 5.81. The highest BCUT2D eigenvalue weighted by Gasteiger charge is 2.30. The number of carbonyl (C=O) groups is 2. The zero-order chi connectivity index (χ0) is 21.1. The molecule has 2 aliphatic rings. The van der Waals surface area contributed by atoms with Gasteiger partial charge in [0.05, 0.1) is 19.6 Å². The predicted molar refractivity (Wildman–Crippen MR) is 107 cm³/mol. The van der Waals surface area contributed by atoms with Crippen molar-refractivity contribution >= 4 is 11.8 Å². The van der Waals surface area contributed by atoms with Crippen molar-refractivity contribution < 1.29 is 23.1 Å². The molecule has 8 heteroatoms. The maximum absolute atomic E-state index is 13.8. The molecule has 30 heavy (non-hydrogen) atoms. The first-order chi connectivity index (χ1) is 14.5. The van der Waals surface area contributed by atoms with E-state index in [1.54, 1.807) is 34.9 Å². The van der Waals surface area contributed by atoms with Crippen molar-refractivity contribution in [3.05, 3.63) is 53.0 Å². The molecule has 4 rings (SSSR count). The number of nitrogens with zero attached hydrogens (tertiary/aromatic N) is 3. The molecule has 160 valence electrons. The molecule has 0 bridgehead atoms. The second-order valence-corrected chi connectivity index (χ2v) is 7.78. The second kappa shape index (κ2) is 8.95. The van der Waals surface area contributed by atoms with Gasteiger partial charge in [0, 0.05) is 32.1 Å². The Balaban J connectivity index is 1.35. The quantitative estimate of drug-likeness (QED) is 0.767. The van der Waals surface area contributed by atoms with Crippen LogP contribution in [0, 0.1) is 12.7 Å². The van der Waals surface area contributed by atoms with Crippen LogP contribution in [0.25, 0.3) is 0 Å². The fourth-order valence-corrected chi connectivity index (χ4v) is 4.00. The maximum atomic E-state index is 13.8. The molecular weight excluding hydrogens is 389 g/mol. The van der Waals surface area contributed by atoms with E-state index in [0.717, 1.165) is 0 Å². The number of hydrogen-bond acceptors (Lipinski definition) is 5. The van der Waals surface area contributed by atoms with Crippen LogP contribution in [0.2, 0.25) is 0 Å². The molecular formula is C22H26FN3O4. The molecule has 0 saturated carbocycles. The number of rotatable bonds is 4. The summed E-state index contributed by atoms with van der Waals surface area (Å²) < 4.78 is 24.9. The van der Waals surface area contributed by atoms with Gasteiger partial charge in [-0.25, -0.2) is 9.37 Å². The van der Waals surface area contributed by atoms with Gasteiger partial charge in [0.1, 0.15) is 11.6 Å². The van der Waals surface area contributed by atoms with Gasteiger partial charge in [0.2, 0.25) is 5.91 Å². The van der Waals surface area contributed by atoms with E-state index in [1.165, 1.54) is 6.07 Å². The lowest BCUT2D eigenvalue weighted by atomic mass is 9.96. The second-order valence-electron chi connectivity index (χ2n) is 7.78. The Labute approximate surface area is 174 Å². The summed E-state index contributed by atoms with van der Waals surface area (Å²) in [6.45, 7) is 5.07. The molecule has 2 saturated heterocycles. The zero-order valence-corrected chi connectivity index (χ0v) is 17.1. The topological polar surface area (TPSA) is 75.9 Å². The molecule has 0 N–H and O–H groups in total. The van der Waals surface area contributed by atoms with Crippen LogP contribution in [0.1, 0.15) is 46.5 Å². The average Bonchev–Trinajstić information content (AvgIpc) is 3.17. The number of halogens is 1. The van der Waals surface area contributed by atoms with Crippen molar-refractivity contribution in [3.63, 3.8) is 0 Å². The fraction of sp³-hybridized carbons (Fsp3) is 0.500. The number of morpholine rings is 1. The van der Waals surface area contributed by atoms with E-state index in [9.17, 15) is 14.0 Å². The molecule has 1 aromatic heterocycles. The van der Waals surface area contributed by atoms with E-state index < -0.39 is 0 Å². The van der Waals surface area contributed by atoms with Crippen molar-refractivity contribution in [3.8, 4) is 0 Å². The van der Waals surface area contributed by atoms with Crippen LogP contribution in [0.5, 0.6) is 0 Å². The Hall–Kier alpha value is -2.74. The zero-order valence-electron chi connectivity index (χ0n) is 17.1. The normalized spacial score (nSPS) is 17.9. The van der Waals surface area contributed by atoms with Crippen LogP contribution in [0.15, 0.2) is 28.7 Å². The van der Waals surface area contributed by atoms with Crippen molar-refractivity contribution in [2.75, 3.05) is 39.4 Å². The molecule has 0 atom stereocenters. The number of aromatic nitrogens is 1. The number of benzene rings is 1. The standard InChI is InChI=1S/C22H26FN3O4/c1-15-20(22(28)26-10-12-29-13-11-26)24-21(30-15)16-6-8-25(9-7-16)19(27)14-17-4-2-3-5-18(17)23/h2-5,16H,6-14H2,1H3. The monoisotopic (exact) mass is 415 g/mol. The Morgan fingerprint density at radius 3 is 2.50 bits per heavy atom. The van der Waals surface area contributed by atoms with Gasteiger partial charge >= 0.3 is 0 Å². The summed E-state index contributed by atoms with van der Waals surface area (Å²) in [6, 6.07) is 6.36. The molecule has 0 unspecified atom stereocenters. The van der Waals surface area contributed by atoms with Gasteiger partial charge in [-0.2, -0.15) is 0 Å². The summed E-state index contributed by atoms with van der Waals surface area (Å²) in [5.41, 5.74) is 0.782. The molecule has 2 fully saturated rings. The minimum Gasteiger partial charge on any atom is -0.445 e. The smallest absolute Gasteiger partial charge is 0.276 e. The highest BCUT2D eigenvalue weighted by molar-refractivity contribution is 5.93. The van der Waals surface area contributed by atoms with Gasteiger partial charge in [-0.1, -0.05) is 18.2 Å². The van der Waals surface area contributed by atoms with Crippen LogP contribution >= 0.6 is 0 Å². The first-order valence-corrected chi connectivity index (χ1v) is 10.4. The summed E-state index contributed by atoms with van der Waals surface area (Å²) >= 11 is 0. The lowest BCUT2D eigenvalue weighted by molar-refractivity contribution is -0.131. The largest absolute Gasteiger partial charge is 0.445 e. The van der Waals surface area contributed by atoms with Gasteiger partial charge in [-0.05, 0) is 31.4 Å². The summed E-state index contributed by atoms with van der Waals surface area (Å²) in [5, 5.41) is 0. The average molecular weight is 415 g/mol. The Bertz CT molecular complexity index is 915. The number of aryl methyl sites for hydroxylation is 1. The summed E-state index contributed by atoms with van der Waals surface area (Å²) in [7, 11) is 0. The highest BCUT2D eigenvalue weighted by atomic mass is 19.1. The Morgan fingerprint density at radius 1 is 1.10 bits per heavy atom. The number of likely N-dealkylation sites (tertiary alicyclic amines) is 1. The molecule has 7 nitrogen and oxygen atoms in total. The van der Waals surface area contributed by atoms with Crippen LogP contribution in [-0.4, -0.2) is 66.0 Å². The van der Waals surface area contributed by atoms with Gasteiger partial charge in [-0.15, -0.1) is 0 Å². The van der Waals surface area contributed by atoms with Crippen LogP contribution in [0.4, 0.5) is 4.39 Å². The van der Waals surface area contributed by atoms with E-state index in [2.05, 4.69) is 4.98 Å². The minimum atomic E-state index is -0.353. The van der Waals surface area contributed by atoms with Crippen LogP contribution < -0.4 is 0 Å². The molecule has 2 aromatic rings. The van der Waals surface area contributed by atoms with Crippen LogP contribution in [-0.2, 0) is 16.0 Å². The number of carbonyl (C=O) groups excluding carboxylic acids is 2. The highest BCUT2D eigenvalue weighted by Crippen LogP contribution is 2.29. The predicted octanol–water partition coefficient (Wildman–Crippen LogP) is 2.54. The van der Waals surface area contributed by atoms with E-state index in [1.807, 2.05) is 0 Å². The number of amides is 2. The molecule has 0 radical (unpaired) electrons. The number of oxazole rings is 1. The number of ether oxygens (including phenoxy) is 1. The molecule has 1 aromatic carbocycles. The number of piperidine rings is 1. The van der Waals surface area contributed by atoms with Gasteiger partial charge in [0.15, 0.2) is 11.6 Å². The van der Waals surface area contributed by atoms with Crippen LogP contribution in [0.3, 0.4) is 0 Å². The summed E-state index contributed by atoms with van der Waals surface area (Å²) in [4.78, 5) is 33.3. The summed E-state index contributed by atoms with van der Waals surface area (Å²) in [6.07, 6.45) is 1.47. The lowest BCUT2D eigenvalue weighted by Crippen LogP contribution is -2.41. The summed E-state index contributed by atoms with van der Waals surface area (Å²) in [5.74, 6) is 0.597. The maximum Gasteiger partial charge on any atom is 0.276 e. The van der Waals surface area contributed by atoms with Gasteiger partial charge in [0.25, 0.3) is 5.91 Å². The van der Waals surface area contributed by atoms with E-state index in [4.69, 9.17) is 9.15 Å². The molecule has 2 aliphatic heterocycles. The van der Waals surface area contributed by atoms with E-state index in [0.29, 0.717) is 75.1 Å². The third-order valence-corrected chi connectivity index (χ3v) is 5.81. The molecule has 2 amide bonds. The van der Waals surface area contributed by atoms with E-state index in [-0.39, 0.29) is 30.0 Å². The Morgan fingerprint density at radius 2 is 1.80 bits per heavy atom. The van der Waals surface area contributed by atoms with Crippen molar-refractivity contribution in [1.29, 1.82) is 0 Å². The van der Waals surface area contributed by atoms with E-state index >= 15 is 0 Å². The molecule has 0 aliphatic carbocycles. The number of hydrogen-bond donors (Lipinski definition) is 0. The minimum absolute atomic E-state index is 0.0625. The third kappa shape index (κ3) is 4.38. The first-order valence-electron chi connectivity index (χ1n) is 10.4. The first kappa shape index (κ1) is 20.5. The molecule has 0 spiro atoms. The van der Waals surface area contributed by atoms with Crippen molar-refractivity contribution in [2.45, 2.75) is 32.1 Å². The van der Waals surface area contributed by atoms with Gasteiger partial charge < -0.3 is 19.0 Å². The Kier molecular flexibility index (Phi) is 6.13. The van der Waals surface area contributed by atoms with Crippen molar-refractivity contribution in [1.82, 2.24) is 14.8 Å². The van der Waals surface area contributed by atoms with Gasteiger partial charge in [-0.3, -0.25) is 9.59 Å². The SMILES string of the molecule is Cc1oc(C2CCN(C(=O)Cc3ccccc3F)CC2)nc1C(=O)N1CCOCC1.